The average Bonchev–Trinajstić information content (AvgIpc) is 2.89. The van der Waals surface area contributed by atoms with E-state index in [1.165, 1.54) is 154 Å². The van der Waals surface area contributed by atoms with E-state index in [1.54, 1.807) is 0 Å². The molecule has 0 amide bonds. The summed E-state index contributed by atoms with van der Waals surface area (Å²) in [5.74, 6) is 3.21. The fourth-order valence-electron chi connectivity index (χ4n) is 5.11. The molecule has 0 aliphatic rings. The predicted molar refractivity (Wildman–Crippen MR) is 176 cm³/mol. The molecule has 3 radical (unpaired) electrons. The van der Waals surface area contributed by atoms with E-state index in [-0.39, 0.29) is 88.7 Å². The summed E-state index contributed by atoms with van der Waals surface area (Å²) in [6.07, 6.45) is 35.7. The van der Waals surface area contributed by atoms with E-state index < -0.39 is 0 Å². The summed E-state index contributed by atoms with van der Waals surface area (Å²) >= 11 is 0. The first-order valence-electron chi connectivity index (χ1n) is 16.5. The van der Waals surface area contributed by atoms with Crippen LogP contribution in [0.1, 0.15) is 192 Å². The number of hydrogen-bond donors (Lipinski definition) is 0. The van der Waals surface area contributed by atoms with Crippen molar-refractivity contribution in [1.82, 2.24) is 15.0 Å². The number of nitrogens with zero attached hydrogens (tertiary/aromatic N) is 3. The Bertz CT molecular complexity index is 508. The predicted octanol–water partition coefficient (Wildman–Crippen LogP) is 9.78. The molecule has 0 aromatic carbocycles. The van der Waals surface area contributed by atoms with Gasteiger partial charge in [0.1, 0.15) is 17.5 Å². The van der Waals surface area contributed by atoms with Gasteiger partial charge in [-0.2, -0.15) is 0 Å². The summed E-state index contributed by atoms with van der Waals surface area (Å²) in [4.78, 5) is 14.7. The topological polar surface area (TPSA) is 38.7 Å². The maximum Gasteiger partial charge on any atom is 0.132 e. The first-order valence-corrected chi connectivity index (χ1v) is 16.5. The largest absolute Gasteiger partial charge is 0.218 e. The molecule has 0 bridgehead atoms. The molecule has 1 aromatic rings. The normalized spacial score (nSPS) is 10.5. The van der Waals surface area contributed by atoms with Crippen LogP contribution in [0.3, 0.4) is 0 Å². The maximum atomic E-state index is 4.91. The van der Waals surface area contributed by atoms with Crippen LogP contribution in [0, 0.1) is 0 Å². The van der Waals surface area contributed by atoms with Crippen LogP contribution in [0.5, 0.6) is 0 Å². The number of rotatable bonds is 27. The van der Waals surface area contributed by atoms with Crippen molar-refractivity contribution in [2.75, 3.05) is 0 Å². The molecule has 6 heteroatoms. The van der Waals surface area contributed by atoms with Gasteiger partial charge in [0.2, 0.25) is 0 Å². The summed E-state index contributed by atoms with van der Waals surface area (Å²) in [5, 5.41) is 0. The van der Waals surface area contributed by atoms with Crippen molar-refractivity contribution in [1.29, 1.82) is 0 Å². The van der Waals surface area contributed by atoms with Crippen LogP contribution in [-0.4, -0.2) is 104 Å². The maximum absolute atomic E-state index is 4.91. The summed E-state index contributed by atoms with van der Waals surface area (Å²) in [6.45, 7) is 6.88. The van der Waals surface area contributed by atoms with Crippen molar-refractivity contribution in [2.24, 2.45) is 0 Å². The molecule has 0 atom stereocenters. The van der Waals surface area contributed by atoms with E-state index in [0.29, 0.717) is 0 Å². The third-order valence-electron chi connectivity index (χ3n) is 7.54. The molecular weight excluding hydrogens is 507 g/mol. The Labute approximate surface area is 311 Å². The summed E-state index contributed by atoms with van der Waals surface area (Å²) in [7, 11) is 0. The minimum atomic E-state index is 0. The van der Waals surface area contributed by atoms with E-state index in [0.717, 1.165) is 36.7 Å². The van der Waals surface area contributed by atoms with E-state index in [1.807, 2.05) is 0 Å². The standard InChI is InChI=1S/C33H63N3.3Na/c1-4-7-10-13-16-19-22-25-28-31-34-32(29-26-23-20-17-14-11-8-5-2)36-33(35-31)30-27-24-21-18-15-12-9-6-3;;;/h4-30H2,1-3H3;;;. The fraction of sp³-hybridized carbons (Fsp3) is 0.909. The Hall–Kier alpha value is 2.01. The van der Waals surface area contributed by atoms with Gasteiger partial charge < -0.3 is 0 Å². The minimum Gasteiger partial charge on any atom is -0.218 e. The molecule has 1 heterocycles. The first-order chi connectivity index (χ1) is 17.8. The van der Waals surface area contributed by atoms with Crippen LogP contribution in [0.15, 0.2) is 0 Å². The Balaban J connectivity index is -0.00000432. The SMILES string of the molecule is CCCCCCCCCCc1nc(CCCCCCCCCC)nc(CCCCCCCCCC)n1.[Na].[Na].[Na]. The van der Waals surface area contributed by atoms with Crippen molar-refractivity contribution in [3.63, 3.8) is 0 Å². The second-order valence-electron chi connectivity index (χ2n) is 11.3. The Morgan fingerprint density at radius 2 is 0.462 bits per heavy atom. The van der Waals surface area contributed by atoms with Crippen LogP contribution in [-0.2, 0) is 19.3 Å². The monoisotopic (exact) mass is 570 g/mol. The molecule has 3 nitrogen and oxygen atoms in total. The van der Waals surface area contributed by atoms with Crippen molar-refractivity contribution in [3.8, 4) is 0 Å². The Kier molecular flexibility index (Phi) is 42.2. The molecule has 0 fully saturated rings. The molecule has 0 saturated carbocycles. The van der Waals surface area contributed by atoms with E-state index in [2.05, 4.69) is 20.8 Å². The van der Waals surface area contributed by atoms with Crippen molar-refractivity contribution < 1.29 is 0 Å². The average molecular weight is 571 g/mol. The summed E-state index contributed by atoms with van der Waals surface area (Å²) in [5.41, 5.74) is 0. The molecule has 0 unspecified atom stereocenters. The van der Waals surface area contributed by atoms with Gasteiger partial charge in [0, 0.05) is 108 Å². The number of aromatic nitrogens is 3. The van der Waals surface area contributed by atoms with Gasteiger partial charge in [-0.05, 0) is 19.3 Å². The molecule has 0 aliphatic heterocycles. The van der Waals surface area contributed by atoms with Gasteiger partial charge in [-0.25, -0.2) is 15.0 Å². The zero-order valence-electron chi connectivity index (χ0n) is 27.9. The second kappa shape index (κ2) is 36.2. The molecule has 0 N–H and O–H groups in total. The van der Waals surface area contributed by atoms with Crippen LogP contribution >= 0.6 is 0 Å². The van der Waals surface area contributed by atoms with Gasteiger partial charge in [-0.15, -0.1) is 0 Å². The molecule has 0 saturated heterocycles. The zero-order valence-corrected chi connectivity index (χ0v) is 33.9. The molecule has 0 spiro atoms. The van der Waals surface area contributed by atoms with Crippen LogP contribution < -0.4 is 0 Å². The van der Waals surface area contributed by atoms with Crippen LogP contribution in [0.4, 0.5) is 0 Å². The van der Waals surface area contributed by atoms with Crippen molar-refractivity contribution in [3.05, 3.63) is 17.5 Å². The van der Waals surface area contributed by atoms with Gasteiger partial charge in [-0.3, -0.25) is 0 Å². The van der Waals surface area contributed by atoms with Gasteiger partial charge >= 0.3 is 0 Å². The van der Waals surface area contributed by atoms with Gasteiger partial charge in [0.15, 0.2) is 0 Å². The van der Waals surface area contributed by atoms with Crippen LogP contribution in [0.2, 0.25) is 0 Å². The zero-order chi connectivity index (χ0) is 25.9. The third-order valence-corrected chi connectivity index (χ3v) is 7.54. The van der Waals surface area contributed by atoms with Crippen molar-refractivity contribution in [2.45, 2.75) is 194 Å². The second-order valence-corrected chi connectivity index (χ2v) is 11.3. The quantitative estimate of drug-likeness (QED) is 0.0780. The van der Waals surface area contributed by atoms with E-state index in [9.17, 15) is 0 Å². The fourth-order valence-corrected chi connectivity index (χ4v) is 5.11. The van der Waals surface area contributed by atoms with Crippen LogP contribution in [0.25, 0.3) is 0 Å². The smallest absolute Gasteiger partial charge is 0.132 e. The van der Waals surface area contributed by atoms with E-state index in [4.69, 9.17) is 15.0 Å². The molecule has 0 aliphatic carbocycles. The molecule has 39 heavy (non-hydrogen) atoms. The Morgan fingerprint density at radius 1 is 0.282 bits per heavy atom. The van der Waals surface area contributed by atoms with Gasteiger partial charge in [-0.1, -0.05) is 156 Å². The number of hydrogen-bond acceptors (Lipinski definition) is 3. The molecule has 1 aromatic heterocycles. The summed E-state index contributed by atoms with van der Waals surface area (Å²) < 4.78 is 0. The van der Waals surface area contributed by atoms with Crippen molar-refractivity contribution >= 4 is 88.7 Å². The molecule has 1 rings (SSSR count). The molecule has 213 valence electrons. The molecular formula is C33H63N3Na3. The first kappa shape index (κ1) is 45.4. The summed E-state index contributed by atoms with van der Waals surface area (Å²) in [6, 6.07) is 0. The minimum absolute atomic E-state index is 0. The third kappa shape index (κ3) is 29.8. The van der Waals surface area contributed by atoms with Gasteiger partial charge in [0.25, 0.3) is 0 Å². The Morgan fingerprint density at radius 3 is 0.667 bits per heavy atom. The number of aryl methyl sites for hydroxylation is 3. The number of unbranched alkanes of at least 4 members (excludes halogenated alkanes) is 21. The van der Waals surface area contributed by atoms with Gasteiger partial charge in [0.05, 0.1) is 0 Å². The van der Waals surface area contributed by atoms with E-state index >= 15 is 0 Å².